The maximum absolute atomic E-state index is 13.5. The normalized spacial score (nSPS) is 18.4. The van der Waals surface area contributed by atoms with Crippen molar-refractivity contribution in [2.24, 2.45) is 7.05 Å². The zero-order chi connectivity index (χ0) is 25.9. The lowest BCUT2D eigenvalue weighted by Crippen LogP contribution is -2.47. The van der Waals surface area contributed by atoms with Gasteiger partial charge < -0.3 is 24.1 Å². The predicted octanol–water partition coefficient (Wildman–Crippen LogP) is 5.21. The second-order valence-corrected chi connectivity index (χ2v) is 9.71. The molecule has 1 aliphatic heterocycles. The summed E-state index contributed by atoms with van der Waals surface area (Å²) in [5.41, 5.74) is 2.34. The fourth-order valence-corrected chi connectivity index (χ4v) is 5.12. The van der Waals surface area contributed by atoms with Crippen molar-refractivity contribution < 1.29 is 23.8 Å². The molecule has 0 saturated carbocycles. The molecule has 1 saturated heterocycles. The summed E-state index contributed by atoms with van der Waals surface area (Å²) < 4.78 is 18.0. The standard InChI is InChI=1S/C27H30Cl2N2O5/c1-4-36-26(33)19(11-13-34-3)17-5-7-18(8-6-17)27(12-14-35-16-27)30-25(32)23-15-20-22(31(23)2)10-9-21(28)24(20)29/h5-10,15,19H,4,11-14,16H2,1-3H3,(H,30,32). The molecule has 4 rings (SSSR count). The van der Waals surface area contributed by atoms with E-state index in [2.05, 4.69) is 5.32 Å². The quantitative estimate of drug-likeness (QED) is 0.382. The Morgan fingerprint density at radius 1 is 1.19 bits per heavy atom. The molecular weight excluding hydrogens is 503 g/mol. The number of carbonyl (C=O) groups excluding carboxylic acids is 2. The third kappa shape index (κ3) is 5.11. The number of fused-ring (bicyclic) bond motifs is 1. The van der Waals surface area contributed by atoms with Crippen molar-refractivity contribution in [3.63, 3.8) is 0 Å². The van der Waals surface area contributed by atoms with Gasteiger partial charge in [0.1, 0.15) is 5.69 Å². The van der Waals surface area contributed by atoms with Crippen LogP contribution in [0.5, 0.6) is 0 Å². The summed E-state index contributed by atoms with van der Waals surface area (Å²) in [5.74, 6) is -0.930. The van der Waals surface area contributed by atoms with Crippen LogP contribution >= 0.6 is 23.2 Å². The van der Waals surface area contributed by atoms with Crippen LogP contribution in [0.2, 0.25) is 10.0 Å². The zero-order valence-electron chi connectivity index (χ0n) is 20.6. The molecule has 7 nitrogen and oxygen atoms in total. The van der Waals surface area contributed by atoms with E-state index >= 15 is 0 Å². The van der Waals surface area contributed by atoms with Crippen LogP contribution in [0.25, 0.3) is 10.9 Å². The smallest absolute Gasteiger partial charge is 0.313 e. The Labute approximate surface area is 220 Å². The van der Waals surface area contributed by atoms with E-state index in [1.165, 1.54) is 0 Å². The van der Waals surface area contributed by atoms with E-state index in [4.69, 9.17) is 37.4 Å². The summed E-state index contributed by atoms with van der Waals surface area (Å²) in [6, 6.07) is 13.0. The molecule has 2 atom stereocenters. The molecule has 0 radical (unpaired) electrons. The number of amides is 1. The number of hydrogen-bond acceptors (Lipinski definition) is 5. The van der Waals surface area contributed by atoms with Gasteiger partial charge in [0.2, 0.25) is 0 Å². The van der Waals surface area contributed by atoms with Crippen LogP contribution in [0.1, 0.15) is 47.3 Å². The van der Waals surface area contributed by atoms with E-state index in [-0.39, 0.29) is 11.9 Å². The van der Waals surface area contributed by atoms with Crippen molar-refractivity contribution in [1.29, 1.82) is 0 Å². The van der Waals surface area contributed by atoms with Crippen LogP contribution in [0.4, 0.5) is 0 Å². The summed E-state index contributed by atoms with van der Waals surface area (Å²) >= 11 is 12.6. The molecule has 1 N–H and O–H groups in total. The van der Waals surface area contributed by atoms with Gasteiger partial charge in [-0.25, -0.2) is 0 Å². The Morgan fingerprint density at radius 2 is 1.94 bits per heavy atom. The highest BCUT2D eigenvalue weighted by atomic mass is 35.5. The van der Waals surface area contributed by atoms with Crippen molar-refractivity contribution in [2.75, 3.05) is 33.5 Å². The minimum absolute atomic E-state index is 0.236. The van der Waals surface area contributed by atoms with Crippen molar-refractivity contribution in [1.82, 2.24) is 9.88 Å². The molecule has 0 spiro atoms. The fraction of sp³-hybridized carbons (Fsp3) is 0.407. The number of aromatic nitrogens is 1. The Hall–Kier alpha value is -2.58. The van der Waals surface area contributed by atoms with Gasteiger partial charge in [0.15, 0.2) is 0 Å². The van der Waals surface area contributed by atoms with E-state index in [0.717, 1.165) is 22.0 Å². The van der Waals surface area contributed by atoms with Crippen LogP contribution in [0, 0.1) is 0 Å². The zero-order valence-corrected chi connectivity index (χ0v) is 22.1. The van der Waals surface area contributed by atoms with Crippen molar-refractivity contribution in [3.8, 4) is 0 Å². The maximum Gasteiger partial charge on any atom is 0.313 e. The number of rotatable bonds is 9. The first-order chi connectivity index (χ1) is 17.3. The third-order valence-electron chi connectivity index (χ3n) is 6.77. The molecule has 9 heteroatoms. The van der Waals surface area contributed by atoms with Crippen LogP contribution < -0.4 is 5.32 Å². The Bertz CT molecular complexity index is 1250. The van der Waals surface area contributed by atoms with Crippen LogP contribution in [-0.4, -0.2) is 50.0 Å². The van der Waals surface area contributed by atoms with Gasteiger partial charge in [0.05, 0.1) is 34.7 Å². The molecule has 192 valence electrons. The maximum atomic E-state index is 13.5. The first kappa shape index (κ1) is 26.5. The Kier molecular flexibility index (Phi) is 8.25. The SMILES string of the molecule is CCOC(=O)C(CCOC)c1ccc(C2(NC(=O)c3cc4c(Cl)c(Cl)ccc4n3C)CCOC2)cc1. The molecule has 1 aromatic heterocycles. The van der Waals surface area contributed by atoms with Gasteiger partial charge in [-0.15, -0.1) is 0 Å². The third-order valence-corrected chi connectivity index (χ3v) is 7.59. The largest absolute Gasteiger partial charge is 0.466 e. The monoisotopic (exact) mass is 532 g/mol. The average molecular weight is 533 g/mol. The van der Waals surface area contributed by atoms with Gasteiger partial charge in [-0.3, -0.25) is 9.59 Å². The number of nitrogens with zero attached hydrogens (tertiary/aromatic N) is 1. The van der Waals surface area contributed by atoms with Crippen LogP contribution in [-0.2, 0) is 31.6 Å². The van der Waals surface area contributed by atoms with E-state index < -0.39 is 11.5 Å². The lowest BCUT2D eigenvalue weighted by molar-refractivity contribution is -0.145. The number of benzene rings is 2. The van der Waals surface area contributed by atoms with E-state index in [1.807, 2.05) is 37.4 Å². The number of esters is 1. The summed E-state index contributed by atoms with van der Waals surface area (Å²) in [4.78, 5) is 26.0. The van der Waals surface area contributed by atoms with Crippen molar-refractivity contribution in [3.05, 3.63) is 69.3 Å². The molecule has 1 fully saturated rings. The molecule has 36 heavy (non-hydrogen) atoms. The molecule has 0 aliphatic carbocycles. The van der Waals surface area contributed by atoms with Gasteiger partial charge >= 0.3 is 5.97 Å². The lowest BCUT2D eigenvalue weighted by Gasteiger charge is -2.30. The summed E-state index contributed by atoms with van der Waals surface area (Å²) in [7, 11) is 3.43. The second-order valence-electron chi connectivity index (χ2n) is 8.93. The van der Waals surface area contributed by atoms with E-state index in [1.54, 1.807) is 30.7 Å². The van der Waals surface area contributed by atoms with Gasteiger partial charge in [0, 0.05) is 44.7 Å². The number of ether oxygens (including phenoxy) is 3. The topological polar surface area (TPSA) is 78.8 Å². The molecule has 1 amide bonds. The first-order valence-electron chi connectivity index (χ1n) is 11.9. The Balaban J connectivity index is 1.62. The number of nitrogens with one attached hydrogen (secondary N) is 1. The molecule has 2 unspecified atom stereocenters. The van der Waals surface area contributed by atoms with E-state index in [0.29, 0.717) is 55.0 Å². The van der Waals surface area contributed by atoms with E-state index in [9.17, 15) is 9.59 Å². The highest BCUT2D eigenvalue weighted by Crippen LogP contribution is 2.35. The average Bonchev–Trinajstić information content (AvgIpc) is 3.48. The molecule has 1 aliphatic rings. The number of aryl methyl sites for hydroxylation is 1. The number of carbonyl (C=O) groups is 2. The van der Waals surface area contributed by atoms with Gasteiger partial charge in [-0.1, -0.05) is 47.5 Å². The second kappa shape index (κ2) is 11.2. The number of methoxy groups -OCH3 is 1. The van der Waals surface area contributed by atoms with Crippen molar-refractivity contribution in [2.45, 2.75) is 31.2 Å². The number of halogens is 2. The molecule has 2 heterocycles. The van der Waals surface area contributed by atoms with Crippen LogP contribution in [0.3, 0.4) is 0 Å². The minimum Gasteiger partial charge on any atom is -0.466 e. The summed E-state index contributed by atoms with van der Waals surface area (Å²) in [6.07, 6.45) is 1.15. The predicted molar refractivity (Wildman–Crippen MR) is 140 cm³/mol. The minimum atomic E-state index is -0.695. The highest BCUT2D eigenvalue weighted by Gasteiger charge is 2.39. The van der Waals surface area contributed by atoms with Gasteiger partial charge in [0.25, 0.3) is 5.91 Å². The molecular formula is C27H30Cl2N2O5. The molecule has 2 aromatic carbocycles. The fourth-order valence-electron chi connectivity index (χ4n) is 4.75. The molecule has 0 bridgehead atoms. The highest BCUT2D eigenvalue weighted by molar-refractivity contribution is 6.45. The Morgan fingerprint density at radius 3 is 2.58 bits per heavy atom. The summed E-state index contributed by atoms with van der Waals surface area (Å²) in [5, 5.41) is 4.79. The number of hydrogen-bond donors (Lipinski definition) is 1. The summed E-state index contributed by atoms with van der Waals surface area (Å²) in [6.45, 7) is 3.43. The lowest BCUT2D eigenvalue weighted by atomic mass is 9.86. The van der Waals surface area contributed by atoms with Gasteiger partial charge in [-0.2, -0.15) is 0 Å². The van der Waals surface area contributed by atoms with Crippen LogP contribution in [0.15, 0.2) is 42.5 Å². The first-order valence-corrected chi connectivity index (χ1v) is 12.7. The van der Waals surface area contributed by atoms with Gasteiger partial charge in [-0.05, 0) is 42.7 Å². The molecule has 3 aromatic rings. The van der Waals surface area contributed by atoms with Crippen molar-refractivity contribution >= 4 is 46.0 Å².